The van der Waals surface area contributed by atoms with Gasteiger partial charge in [-0.05, 0) is 35.3 Å². The highest BCUT2D eigenvalue weighted by Gasteiger charge is 2.12. The van der Waals surface area contributed by atoms with Gasteiger partial charge >= 0.3 is 0 Å². The van der Waals surface area contributed by atoms with E-state index in [2.05, 4.69) is 32.7 Å². The maximum absolute atomic E-state index is 6.91. The molecule has 20 heavy (non-hydrogen) atoms. The normalized spacial score (nSPS) is 9.55. The smallest absolute Gasteiger partial charge is 0.231 e. The molecule has 1 aromatic rings. The lowest BCUT2D eigenvalue weighted by Crippen LogP contribution is -2.28. The monoisotopic (exact) mass is 270 g/mol. The van der Waals surface area contributed by atoms with Crippen molar-refractivity contribution in [3.8, 4) is 0 Å². The Morgan fingerprint density at radius 1 is 1.20 bits per heavy atom. The van der Waals surface area contributed by atoms with Crippen LogP contribution >= 0.6 is 0 Å². The fraction of sp³-hybridized carbons (Fsp3) is 0.467. The molecule has 0 unspecified atom stereocenters. The van der Waals surface area contributed by atoms with Gasteiger partial charge in [0, 0.05) is 5.69 Å². The summed E-state index contributed by atoms with van der Waals surface area (Å²) < 4.78 is 0. The van der Waals surface area contributed by atoms with E-state index in [-0.39, 0.29) is 0 Å². The van der Waals surface area contributed by atoms with Crippen LogP contribution in [0, 0.1) is 13.1 Å². The Bertz CT molecular complexity index is 506. The van der Waals surface area contributed by atoms with Gasteiger partial charge in [0.1, 0.15) is 5.69 Å². The molecule has 0 atom stereocenters. The molecule has 0 spiro atoms. The molecule has 0 saturated heterocycles. The van der Waals surface area contributed by atoms with Crippen molar-refractivity contribution in [2.24, 2.45) is 5.11 Å². The second-order valence-electron chi connectivity index (χ2n) is 4.44. The predicted octanol–water partition coefficient (Wildman–Crippen LogP) is 2.13. The fourth-order valence-corrected chi connectivity index (χ4v) is 2.08. The van der Waals surface area contributed by atoms with E-state index in [4.69, 9.17) is 18.7 Å². The topological polar surface area (TPSA) is 49.9 Å². The van der Waals surface area contributed by atoms with Crippen molar-refractivity contribution in [3.63, 3.8) is 0 Å². The Morgan fingerprint density at radius 3 is 2.35 bits per heavy atom. The van der Waals surface area contributed by atoms with Crippen molar-refractivity contribution >= 4 is 11.4 Å². The van der Waals surface area contributed by atoms with Gasteiger partial charge in [0.15, 0.2) is 0 Å². The summed E-state index contributed by atoms with van der Waals surface area (Å²) in [6.45, 7) is 18.1. The molecule has 0 fully saturated rings. The second kappa shape index (κ2) is 8.66. The zero-order valence-corrected chi connectivity index (χ0v) is 11.8. The molecule has 1 rings (SSSR count). The van der Waals surface area contributed by atoms with Crippen molar-refractivity contribution in [2.75, 3.05) is 31.1 Å². The molecule has 0 saturated carbocycles. The SMILES string of the molecule is [C-]#[N+]CCN(CC[N+]#[C-])c1ccc(N=[NH2+])c(CCC)c1. The summed E-state index contributed by atoms with van der Waals surface area (Å²) >= 11 is 0. The van der Waals surface area contributed by atoms with Gasteiger partial charge in [-0.25, -0.2) is 13.1 Å². The van der Waals surface area contributed by atoms with Crippen LogP contribution in [-0.4, -0.2) is 26.2 Å². The third kappa shape index (κ3) is 4.37. The maximum atomic E-state index is 6.91. The Labute approximate surface area is 120 Å². The van der Waals surface area contributed by atoms with Crippen molar-refractivity contribution in [1.82, 2.24) is 0 Å². The van der Waals surface area contributed by atoms with Crippen LogP contribution in [0.25, 0.3) is 9.69 Å². The number of rotatable bonds is 8. The molecular formula is C15H20N5+. The van der Waals surface area contributed by atoms with E-state index in [9.17, 15) is 0 Å². The summed E-state index contributed by atoms with van der Waals surface area (Å²) in [7, 11) is 0. The van der Waals surface area contributed by atoms with E-state index in [0.717, 1.165) is 29.8 Å². The number of nitrogens with zero attached hydrogens (tertiary/aromatic N) is 4. The van der Waals surface area contributed by atoms with Gasteiger partial charge in [-0.15, -0.1) is 0 Å². The van der Waals surface area contributed by atoms with E-state index in [0.29, 0.717) is 26.2 Å². The number of nitrogens with two attached hydrogens (primary N) is 1. The van der Waals surface area contributed by atoms with Gasteiger partial charge in [0.2, 0.25) is 13.1 Å². The summed E-state index contributed by atoms with van der Waals surface area (Å²) in [6, 6.07) is 5.94. The van der Waals surface area contributed by atoms with Crippen LogP contribution in [0.4, 0.5) is 11.4 Å². The first kappa shape index (κ1) is 15.7. The Kier molecular flexibility index (Phi) is 6.78. The summed E-state index contributed by atoms with van der Waals surface area (Å²) in [5, 5.41) is 3.80. The van der Waals surface area contributed by atoms with Crippen molar-refractivity contribution in [2.45, 2.75) is 19.8 Å². The first-order valence-electron chi connectivity index (χ1n) is 6.72. The molecule has 2 N–H and O–H groups in total. The Hall–Kier alpha value is -2.40. The highest BCUT2D eigenvalue weighted by Crippen LogP contribution is 2.26. The molecule has 5 heteroatoms. The van der Waals surface area contributed by atoms with Crippen LogP contribution in [-0.2, 0) is 6.42 Å². The fourth-order valence-electron chi connectivity index (χ4n) is 2.08. The van der Waals surface area contributed by atoms with Gasteiger partial charge in [0.25, 0.3) is 0 Å². The minimum absolute atomic E-state index is 0.435. The Morgan fingerprint density at radius 2 is 1.85 bits per heavy atom. The van der Waals surface area contributed by atoms with Crippen LogP contribution in [0.3, 0.4) is 0 Å². The molecule has 0 aliphatic carbocycles. The number of hydrogen-bond acceptors (Lipinski definition) is 2. The molecule has 0 heterocycles. The second-order valence-corrected chi connectivity index (χ2v) is 4.44. The molecular weight excluding hydrogens is 250 g/mol. The largest absolute Gasteiger partial charge is 0.357 e. The van der Waals surface area contributed by atoms with E-state index in [1.807, 2.05) is 12.1 Å². The van der Waals surface area contributed by atoms with Crippen molar-refractivity contribution < 1.29 is 5.53 Å². The van der Waals surface area contributed by atoms with Crippen LogP contribution < -0.4 is 10.4 Å². The summed E-state index contributed by atoms with van der Waals surface area (Å²) in [5.74, 6) is 0. The van der Waals surface area contributed by atoms with Gasteiger partial charge in [-0.2, -0.15) is 5.53 Å². The molecule has 0 aromatic heterocycles. The molecule has 0 bridgehead atoms. The first-order chi connectivity index (χ1) is 9.76. The van der Waals surface area contributed by atoms with Gasteiger partial charge in [0.05, 0.1) is 13.1 Å². The average molecular weight is 270 g/mol. The number of hydrogen-bond donors (Lipinski definition) is 1. The third-order valence-electron chi connectivity index (χ3n) is 3.05. The minimum Gasteiger partial charge on any atom is -0.357 e. The quantitative estimate of drug-likeness (QED) is 0.571. The first-order valence-corrected chi connectivity index (χ1v) is 6.72. The maximum Gasteiger partial charge on any atom is 0.231 e. The van der Waals surface area contributed by atoms with Crippen molar-refractivity contribution in [1.29, 1.82) is 0 Å². The van der Waals surface area contributed by atoms with Crippen LogP contribution in [0.5, 0.6) is 0 Å². The molecule has 0 radical (unpaired) electrons. The lowest BCUT2D eigenvalue weighted by molar-refractivity contribution is -0.210. The Balaban J connectivity index is 3.00. The zero-order valence-electron chi connectivity index (χ0n) is 11.8. The zero-order chi connectivity index (χ0) is 14.8. The number of anilines is 1. The number of benzene rings is 1. The van der Waals surface area contributed by atoms with Gasteiger partial charge in [-0.1, -0.05) is 13.3 Å². The van der Waals surface area contributed by atoms with Crippen LogP contribution in [0.2, 0.25) is 0 Å². The van der Waals surface area contributed by atoms with Gasteiger partial charge < -0.3 is 14.6 Å². The number of aryl methyl sites for hydroxylation is 1. The molecule has 104 valence electrons. The standard InChI is InChI=1S/C15H19N5/c1-4-5-13-12-14(6-7-15(13)19-16)20(10-8-17-2)11-9-18-3/h6-7,12,16H,4-5,8-11H2,1H3/p+1. The molecule has 0 aliphatic heterocycles. The van der Waals surface area contributed by atoms with Gasteiger partial charge in [-0.3, -0.25) is 0 Å². The van der Waals surface area contributed by atoms with Crippen LogP contribution in [0.15, 0.2) is 23.3 Å². The summed E-state index contributed by atoms with van der Waals surface area (Å²) in [5.41, 5.74) is 8.36. The lowest BCUT2D eigenvalue weighted by atomic mass is 10.1. The summed E-state index contributed by atoms with van der Waals surface area (Å²) in [4.78, 5) is 8.87. The molecule has 1 aromatic carbocycles. The molecule has 0 amide bonds. The highest BCUT2D eigenvalue weighted by molar-refractivity contribution is 5.58. The minimum atomic E-state index is 0.435. The van der Waals surface area contributed by atoms with E-state index in [1.165, 1.54) is 0 Å². The van der Waals surface area contributed by atoms with Crippen LogP contribution in [0.1, 0.15) is 18.9 Å². The summed E-state index contributed by atoms with van der Waals surface area (Å²) in [6.07, 6.45) is 1.94. The molecule has 5 nitrogen and oxygen atoms in total. The van der Waals surface area contributed by atoms with E-state index in [1.54, 1.807) is 0 Å². The van der Waals surface area contributed by atoms with Crippen molar-refractivity contribution in [3.05, 3.63) is 46.6 Å². The lowest BCUT2D eigenvalue weighted by Gasteiger charge is -2.21. The average Bonchev–Trinajstić information content (AvgIpc) is 2.48. The molecule has 0 aliphatic rings. The highest BCUT2D eigenvalue weighted by atomic mass is 15.1. The third-order valence-corrected chi connectivity index (χ3v) is 3.05. The van der Waals surface area contributed by atoms with E-state index >= 15 is 0 Å². The predicted molar refractivity (Wildman–Crippen MR) is 79.6 cm³/mol. The van der Waals surface area contributed by atoms with E-state index < -0.39 is 0 Å².